The fourth-order valence-electron chi connectivity index (χ4n) is 0.974. The number of aliphatic hydroxyl groups excluding tert-OH is 1. The Kier molecular flexibility index (Phi) is 4.38. The summed E-state index contributed by atoms with van der Waals surface area (Å²) in [6, 6.07) is 3.94. The van der Waals surface area contributed by atoms with Crippen LogP contribution in [-0.4, -0.2) is 21.9 Å². The number of thioether (sulfide) groups is 1. The highest BCUT2D eigenvalue weighted by molar-refractivity contribution is 7.99. The predicted octanol–water partition coefficient (Wildman–Crippen LogP) is 1.57. The van der Waals surface area contributed by atoms with Crippen LogP contribution in [-0.2, 0) is 0 Å². The maximum Gasteiger partial charge on any atom is 0.0963 e. The first kappa shape index (κ1) is 11.5. The van der Waals surface area contributed by atoms with Crippen LogP contribution in [0.3, 0.4) is 0 Å². The van der Waals surface area contributed by atoms with Crippen molar-refractivity contribution in [2.75, 3.05) is 6.61 Å². The number of nitrogens with zero attached hydrogens (tertiary/aromatic N) is 1. The molecule has 0 radical (unpaired) electrons. The molecule has 1 heterocycles. The topological polar surface area (TPSA) is 59.1 Å². The summed E-state index contributed by atoms with van der Waals surface area (Å²) in [5.41, 5.74) is 6.74. The largest absolute Gasteiger partial charge is 0.395 e. The molecule has 0 aliphatic carbocycles. The van der Waals surface area contributed by atoms with Crippen molar-refractivity contribution in [2.45, 2.75) is 30.2 Å². The molecule has 0 aliphatic rings. The summed E-state index contributed by atoms with van der Waals surface area (Å²) in [6.07, 6.45) is 1.79. The van der Waals surface area contributed by atoms with Crippen LogP contribution in [0.2, 0.25) is 0 Å². The monoisotopic (exact) mass is 212 g/mol. The molecule has 0 amide bonds. The van der Waals surface area contributed by atoms with E-state index in [1.54, 1.807) is 18.0 Å². The molecule has 0 aromatic carbocycles. The molecular weight excluding hydrogens is 196 g/mol. The van der Waals surface area contributed by atoms with Crippen LogP contribution in [0.4, 0.5) is 0 Å². The summed E-state index contributed by atoms with van der Waals surface area (Å²) in [4.78, 5) is 4.26. The second kappa shape index (κ2) is 5.34. The highest BCUT2D eigenvalue weighted by Gasteiger charge is 2.04. The molecule has 0 bridgehead atoms. The lowest BCUT2D eigenvalue weighted by atomic mass is 10.2. The molecule has 1 aromatic heterocycles. The number of hydrogen-bond acceptors (Lipinski definition) is 4. The van der Waals surface area contributed by atoms with Crippen LogP contribution >= 0.6 is 11.8 Å². The molecule has 0 spiro atoms. The molecule has 3 N–H and O–H groups in total. The first-order valence-corrected chi connectivity index (χ1v) is 5.50. The van der Waals surface area contributed by atoms with Gasteiger partial charge >= 0.3 is 0 Å². The molecule has 3 nitrogen and oxygen atoms in total. The molecule has 14 heavy (non-hydrogen) atoms. The van der Waals surface area contributed by atoms with E-state index in [2.05, 4.69) is 4.98 Å². The molecule has 1 unspecified atom stereocenters. The Hall–Kier alpha value is -0.580. The second-order valence-electron chi connectivity index (χ2n) is 3.33. The minimum atomic E-state index is 0.0248. The number of hydrogen-bond donors (Lipinski definition) is 2. The fraction of sp³-hybridized carbons (Fsp3) is 0.500. The zero-order valence-electron chi connectivity index (χ0n) is 8.47. The third-order valence-corrected chi connectivity index (χ3v) is 2.90. The van der Waals surface area contributed by atoms with E-state index < -0.39 is 0 Å². The lowest BCUT2D eigenvalue weighted by Crippen LogP contribution is -2.06. The molecule has 2 atom stereocenters. The van der Waals surface area contributed by atoms with Crippen molar-refractivity contribution in [3.63, 3.8) is 0 Å². The summed E-state index contributed by atoms with van der Waals surface area (Å²) in [5.74, 6) is 0. The van der Waals surface area contributed by atoms with Crippen molar-refractivity contribution in [3.05, 3.63) is 23.9 Å². The van der Waals surface area contributed by atoms with Gasteiger partial charge < -0.3 is 10.8 Å². The molecule has 1 aromatic rings. The molecule has 0 saturated heterocycles. The minimum absolute atomic E-state index is 0.0248. The van der Waals surface area contributed by atoms with Crippen LogP contribution in [0.15, 0.2) is 23.4 Å². The van der Waals surface area contributed by atoms with Gasteiger partial charge in [0.1, 0.15) is 0 Å². The third kappa shape index (κ3) is 3.29. The Bertz CT molecular complexity index is 274. The average molecular weight is 212 g/mol. The lowest BCUT2D eigenvalue weighted by Gasteiger charge is -2.08. The van der Waals surface area contributed by atoms with E-state index in [0.717, 1.165) is 10.6 Å². The Balaban J connectivity index is 2.64. The van der Waals surface area contributed by atoms with Crippen molar-refractivity contribution < 1.29 is 5.11 Å². The van der Waals surface area contributed by atoms with Crippen molar-refractivity contribution >= 4 is 11.8 Å². The molecule has 4 heteroatoms. The van der Waals surface area contributed by atoms with Crippen molar-refractivity contribution in [1.29, 1.82) is 0 Å². The van der Waals surface area contributed by atoms with Crippen molar-refractivity contribution in [2.24, 2.45) is 5.73 Å². The van der Waals surface area contributed by atoms with Gasteiger partial charge in [-0.1, -0.05) is 13.0 Å². The number of aliphatic hydroxyl groups is 1. The quantitative estimate of drug-likeness (QED) is 0.744. The van der Waals surface area contributed by atoms with Gasteiger partial charge in [0, 0.05) is 17.5 Å². The highest BCUT2D eigenvalue weighted by Crippen LogP contribution is 2.21. The van der Waals surface area contributed by atoms with Crippen LogP contribution < -0.4 is 5.73 Å². The standard InChI is InChI=1S/C10H16N2OS/c1-7(6-13)14-10-4-3-9(5-12-10)8(2)11/h3-5,7-8,13H,6,11H2,1-2H3/t7?,8-/m1/s1. The number of rotatable bonds is 4. The van der Waals surface area contributed by atoms with Gasteiger partial charge in [-0.15, -0.1) is 11.8 Å². The molecule has 0 aliphatic heterocycles. The molecule has 0 saturated carbocycles. The van der Waals surface area contributed by atoms with Crippen LogP contribution in [0.1, 0.15) is 25.5 Å². The number of nitrogens with two attached hydrogens (primary N) is 1. The summed E-state index contributed by atoms with van der Waals surface area (Å²) in [6.45, 7) is 4.06. The average Bonchev–Trinajstić information content (AvgIpc) is 2.18. The van der Waals surface area contributed by atoms with Gasteiger partial charge in [-0.25, -0.2) is 4.98 Å². The Labute approximate surface area is 88.7 Å². The lowest BCUT2D eigenvalue weighted by molar-refractivity contribution is 0.300. The first-order chi connectivity index (χ1) is 6.63. The van der Waals surface area contributed by atoms with Gasteiger partial charge in [0.05, 0.1) is 11.6 Å². The maximum atomic E-state index is 8.87. The van der Waals surface area contributed by atoms with Gasteiger partial charge in [0.15, 0.2) is 0 Å². The molecule has 1 rings (SSSR count). The zero-order valence-corrected chi connectivity index (χ0v) is 9.29. The summed E-state index contributed by atoms with van der Waals surface area (Å²) >= 11 is 1.56. The molecule has 0 fully saturated rings. The van der Waals surface area contributed by atoms with Crippen LogP contribution in [0.5, 0.6) is 0 Å². The van der Waals surface area contributed by atoms with Gasteiger partial charge in [-0.2, -0.15) is 0 Å². The van der Waals surface area contributed by atoms with E-state index >= 15 is 0 Å². The van der Waals surface area contributed by atoms with Crippen molar-refractivity contribution in [3.8, 4) is 0 Å². The Morgan fingerprint density at radius 3 is 2.64 bits per heavy atom. The van der Waals surface area contributed by atoms with Crippen molar-refractivity contribution in [1.82, 2.24) is 4.98 Å². The van der Waals surface area contributed by atoms with E-state index in [1.165, 1.54) is 0 Å². The van der Waals surface area contributed by atoms with Crippen LogP contribution in [0.25, 0.3) is 0 Å². The van der Waals surface area contributed by atoms with E-state index in [1.807, 2.05) is 26.0 Å². The maximum absolute atomic E-state index is 8.87. The Morgan fingerprint density at radius 2 is 2.21 bits per heavy atom. The van der Waals surface area contributed by atoms with Crippen LogP contribution in [0, 0.1) is 0 Å². The summed E-state index contributed by atoms with van der Waals surface area (Å²) in [7, 11) is 0. The van der Waals surface area contributed by atoms with Gasteiger partial charge in [0.2, 0.25) is 0 Å². The van der Waals surface area contributed by atoms with Gasteiger partial charge in [0.25, 0.3) is 0 Å². The third-order valence-electron chi connectivity index (χ3n) is 1.86. The molecule has 78 valence electrons. The summed E-state index contributed by atoms with van der Waals surface area (Å²) in [5, 5.41) is 9.98. The predicted molar refractivity (Wildman–Crippen MR) is 59.2 cm³/mol. The van der Waals surface area contributed by atoms with E-state index in [0.29, 0.717) is 0 Å². The SMILES string of the molecule is CC(CO)Sc1ccc([C@@H](C)N)cn1. The van der Waals surface area contributed by atoms with E-state index in [-0.39, 0.29) is 17.9 Å². The number of aromatic nitrogens is 1. The van der Waals surface area contributed by atoms with E-state index in [4.69, 9.17) is 10.8 Å². The first-order valence-electron chi connectivity index (χ1n) is 4.62. The van der Waals surface area contributed by atoms with Gasteiger partial charge in [-0.3, -0.25) is 0 Å². The normalized spacial score (nSPS) is 15.1. The molecular formula is C10H16N2OS. The zero-order chi connectivity index (χ0) is 10.6. The summed E-state index contributed by atoms with van der Waals surface area (Å²) < 4.78 is 0. The Morgan fingerprint density at radius 1 is 1.50 bits per heavy atom. The number of pyridine rings is 1. The smallest absolute Gasteiger partial charge is 0.0963 e. The van der Waals surface area contributed by atoms with E-state index in [9.17, 15) is 0 Å². The minimum Gasteiger partial charge on any atom is -0.395 e. The second-order valence-corrected chi connectivity index (χ2v) is 4.79. The highest BCUT2D eigenvalue weighted by atomic mass is 32.2. The fourth-order valence-corrected chi connectivity index (χ4v) is 1.72. The van der Waals surface area contributed by atoms with Gasteiger partial charge in [-0.05, 0) is 18.6 Å².